The second kappa shape index (κ2) is 10.2. The Morgan fingerprint density at radius 1 is 0.969 bits per heavy atom. The Hall–Kier alpha value is -3.53. The van der Waals surface area contributed by atoms with Crippen LogP contribution in [0.1, 0.15) is 15.9 Å². The lowest BCUT2D eigenvalue weighted by atomic mass is 10.1. The smallest absolute Gasteiger partial charge is 0.387 e. The van der Waals surface area contributed by atoms with Gasteiger partial charge < -0.3 is 19.5 Å². The highest BCUT2D eigenvalue weighted by atomic mass is 35.5. The summed E-state index contributed by atoms with van der Waals surface area (Å²) >= 11 is 5.81. The molecule has 0 bridgehead atoms. The zero-order chi connectivity index (χ0) is 23.3. The minimum atomic E-state index is -3.28. The van der Waals surface area contributed by atoms with E-state index in [1.54, 1.807) is 23.1 Å². The maximum atomic E-state index is 12.9. The summed E-state index contributed by atoms with van der Waals surface area (Å²) in [6, 6.07) is 12.6. The van der Waals surface area contributed by atoms with E-state index >= 15 is 0 Å². The van der Waals surface area contributed by atoms with Gasteiger partial charge in [0.25, 0.3) is 0 Å². The van der Waals surface area contributed by atoms with Gasteiger partial charge in [0, 0.05) is 30.2 Å². The van der Waals surface area contributed by atoms with Gasteiger partial charge in [0.2, 0.25) is 0 Å². The number of alkyl halides is 4. The predicted molar refractivity (Wildman–Crippen MR) is 108 cm³/mol. The summed E-state index contributed by atoms with van der Waals surface area (Å²) in [7, 11) is 0. The molecular formula is C21H15ClF4N2O4. The monoisotopic (exact) mass is 470 g/mol. The lowest BCUT2D eigenvalue weighted by molar-refractivity contribution is -0.0692. The van der Waals surface area contributed by atoms with Gasteiger partial charge in [-0.15, -0.1) is 0 Å². The number of nitrogens with zero attached hydrogens (tertiary/aromatic N) is 2. The summed E-state index contributed by atoms with van der Waals surface area (Å²) < 4.78 is 59.6. The van der Waals surface area contributed by atoms with Crippen LogP contribution in [0, 0.1) is 0 Å². The molecule has 1 heterocycles. The van der Waals surface area contributed by atoms with E-state index in [1.165, 1.54) is 30.5 Å². The average Bonchev–Trinajstić information content (AvgIpc) is 2.74. The highest BCUT2D eigenvalue weighted by Gasteiger charge is 2.19. The van der Waals surface area contributed by atoms with Gasteiger partial charge in [0.15, 0.2) is 11.5 Å². The van der Waals surface area contributed by atoms with Gasteiger partial charge in [0.05, 0.1) is 5.56 Å². The molecule has 0 aliphatic rings. The van der Waals surface area contributed by atoms with Crippen LogP contribution in [0.15, 0.2) is 60.8 Å². The van der Waals surface area contributed by atoms with Crippen LogP contribution in [0.4, 0.5) is 28.9 Å². The van der Waals surface area contributed by atoms with Crippen LogP contribution < -0.4 is 14.4 Å². The topological polar surface area (TPSA) is 71.9 Å². The highest BCUT2D eigenvalue weighted by Crippen LogP contribution is 2.37. The highest BCUT2D eigenvalue weighted by molar-refractivity contribution is 6.29. The number of carbonyl (C=O) groups is 1. The molecule has 6 nitrogen and oxygen atoms in total. The van der Waals surface area contributed by atoms with Crippen molar-refractivity contribution >= 4 is 28.9 Å². The minimum Gasteiger partial charge on any atom is -0.478 e. The molecule has 0 amide bonds. The number of benzene rings is 2. The van der Waals surface area contributed by atoms with Crippen molar-refractivity contribution in [2.75, 3.05) is 4.90 Å². The van der Waals surface area contributed by atoms with Gasteiger partial charge in [-0.25, -0.2) is 9.78 Å². The predicted octanol–water partition coefficient (Wildman–Crippen LogP) is 5.97. The van der Waals surface area contributed by atoms with E-state index in [0.29, 0.717) is 11.3 Å². The molecule has 0 unspecified atom stereocenters. The normalized spacial score (nSPS) is 11.0. The molecule has 0 saturated heterocycles. The first-order valence-electron chi connectivity index (χ1n) is 8.98. The van der Waals surface area contributed by atoms with Crippen LogP contribution in [0.25, 0.3) is 0 Å². The summed E-state index contributed by atoms with van der Waals surface area (Å²) in [4.78, 5) is 17.0. The number of hydrogen-bond acceptors (Lipinski definition) is 5. The number of carboxylic acids is 1. The Morgan fingerprint density at radius 2 is 1.66 bits per heavy atom. The van der Waals surface area contributed by atoms with Crippen LogP contribution in [0.2, 0.25) is 5.15 Å². The molecule has 11 heteroatoms. The maximum Gasteiger partial charge on any atom is 0.387 e. The molecule has 1 aromatic heterocycles. The molecule has 0 atom stereocenters. The van der Waals surface area contributed by atoms with E-state index in [4.69, 9.17) is 11.6 Å². The standard InChI is InChI=1S/C21H15ClF4N2O4/c22-18-7-4-12(10-27-18)11-28(14-3-1-2-13(8-14)19(29)30)15-5-6-16(31-20(23)24)17(9-15)32-21(25)26/h1-10,20-21H,11H2,(H,29,30). The third-order valence-electron chi connectivity index (χ3n) is 4.21. The molecule has 0 aliphatic carbocycles. The van der Waals surface area contributed by atoms with E-state index in [-0.39, 0.29) is 22.9 Å². The fourth-order valence-electron chi connectivity index (χ4n) is 2.87. The molecule has 1 N–H and O–H groups in total. The SMILES string of the molecule is O=C(O)c1cccc(N(Cc2ccc(Cl)nc2)c2ccc(OC(F)F)c(OC(F)F)c2)c1. The van der Waals surface area contributed by atoms with Crippen molar-refractivity contribution in [1.82, 2.24) is 4.98 Å². The Labute approximate surface area is 184 Å². The molecule has 0 spiro atoms. The summed E-state index contributed by atoms with van der Waals surface area (Å²) in [5.74, 6) is -2.34. The van der Waals surface area contributed by atoms with E-state index < -0.39 is 30.7 Å². The van der Waals surface area contributed by atoms with Gasteiger partial charge in [0.1, 0.15) is 5.15 Å². The van der Waals surface area contributed by atoms with E-state index in [9.17, 15) is 27.5 Å². The lowest BCUT2D eigenvalue weighted by Crippen LogP contribution is -2.18. The fourth-order valence-corrected chi connectivity index (χ4v) is 2.98. The number of aromatic nitrogens is 1. The molecule has 0 fully saturated rings. The van der Waals surface area contributed by atoms with Crippen molar-refractivity contribution in [2.24, 2.45) is 0 Å². The van der Waals surface area contributed by atoms with Crippen LogP contribution in [-0.2, 0) is 6.54 Å². The number of ether oxygens (including phenoxy) is 2. The molecule has 168 valence electrons. The van der Waals surface area contributed by atoms with Crippen molar-refractivity contribution in [3.8, 4) is 11.5 Å². The first-order valence-corrected chi connectivity index (χ1v) is 9.35. The van der Waals surface area contributed by atoms with Crippen molar-refractivity contribution in [1.29, 1.82) is 0 Å². The number of carboxylic acid groups (broad SMARTS) is 1. The molecule has 32 heavy (non-hydrogen) atoms. The van der Waals surface area contributed by atoms with Crippen molar-refractivity contribution in [3.05, 3.63) is 77.1 Å². The minimum absolute atomic E-state index is 0.0107. The average molecular weight is 471 g/mol. The van der Waals surface area contributed by atoms with Crippen molar-refractivity contribution in [3.63, 3.8) is 0 Å². The van der Waals surface area contributed by atoms with Gasteiger partial charge >= 0.3 is 19.2 Å². The number of halogens is 5. The van der Waals surface area contributed by atoms with Gasteiger partial charge in [-0.1, -0.05) is 23.7 Å². The van der Waals surface area contributed by atoms with Crippen LogP contribution in [-0.4, -0.2) is 29.3 Å². The van der Waals surface area contributed by atoms with Crippen LogP contribution in [0.3, 0.4) is 0 Å². The van der Waals surface area contributed by atoms with Crippen molar-refractivity contribution in [2.45, 2.75) is 19.8 Å². The van der Waals surface area contributed by atoms with Gasteiger partial charge in [-0.2, -0.15) is 17.6 Å². The number of aromatic carboxylic acids is 1. The summed E-state index contributed by atoms with van der Waals surface area (Å²) in [6.45, 7) is -6.41. The number of rotatable bonds is 9. The third kappa shape index (κ3) is 6.01. The van der Waals surface area contributed by atoms with Gasteiger partial charge in [-0.3, -0.25) is 0 Å². The summed E-state index contributed by atoms with van der Waals surface area (Å²) in [5.41, 5.74) is 1.29. The van der Waals surface area contributed by atoms with E-state index in [0.717, 1.165) is 12.1 Å². The molecular weight excluding hydrogens is 456 g/mol. The second-order valence-electron chi connectivity index (χ2n) is 6.32. The molecule has 0 saturated carbocycles. The van der Waals surface area contributed by atoms with Crippen LogP contribution in [0.5, 0.6) is 11.5 Å². The molecule has 3 rings (SSSR count). The Kier molecular flexibility index (Phi) is 7.37. The number of pyridine rings is 1. The molecule has 0 aliphatic heterocycles. The summed E-state index contributed by atoms with van der Waals surface area (Å²) in [6.07, 6.45) is 1.49. The molecule has 0 radical (unpaired) electrons. The first-order chi connectivity index (χ1) is 15.2. The number of anilines is 2. The lowest BCUT2D eigenvalue weighted by Gasteiger charge is -2.26. The van der Waals surface area contributed by atoms with E-state index in [1.807, 2.05) is 0 Å². The fraction of sp³-hybridized carbons (Fsp3) is 0.143. The first kappa shape index (κ1) is 23.1. The quantitative estimate of drug-likeness (QED) is 0.307. The number of hydrogen-bond donors (Lipinski definition) is 1. The van der Waals surface area contributed by atoms with Gasteiger partial charge in [-0.05, 0) is 42.0 Å². The second-order valence-corrected chi connectivity index (χ2v) is 6.71. The molecule has 3 aromatic rings. The van der Waals surface area contributed by atoms with Crippen molar-refractivity contribution < 1.29 is 36.9 Å². The Bertz CT molecular complexity index is 1080. The third-order valence-corrected chi connectivity index (χ3v) is 4.43. The Morgan fingerprint density at radius 3 is 2.28 bits per heavy atom. The Balaban J connectivity index is 2.08. The van der Waals surface area contributed by atoms with Crippen LogP contribution >= 0.6 is 11.6 Å². The zero-order valence-electron chi connectivity index (χ0n) is 16.1. The largest absolute Gasteiger partial charge is 0.478 e. The summed E-state index contributed by atoms with van der Waals surface area (Å²) in [5, 5.41) is 9.57. The van der Waals surface area contributed by atoms with E-state index in [2.05, 4.69) is 14.5 Å². The molecule has 2 aromatic carbocycles. The maximum absolute atomic E-state index is 12.9. The zero-order valence-corrected chi connectivity index (χ0v) is 16.8.